The van der Waals surface area contributed by atoms with Gasteiger partial charge in [-0.15, -0.1) is 11.6 Å². The number of esters is 2. The van der Waals surface area contributed by atoms with E-state index in [9.17, 15) is 9.59 Å². The Morgan fingerprint density at radius 2 is 1.41 bits per heavy atom. The molecule has 4 nitrogen and oxygen atoms in total. The number of carbonyl (C=O) groups excluding carboxylic acids is 2. The zero-order valence-corrected chi connectivity index (χ0v) is 14.6. The van der Waals surface area contributed by atoms with Gasteiger partial charge < -0.3 is 9.47 Å². The van der Waals surface area contributed by atoms with Crippen molar-refractivity contribution < 1.29 is 19.1 Å². The van der Waals surface area contributed by atoms with E-state index in [1.165, 1.54) is 38.5 Å². The minimum absolute atomic E-state index is 0.123. The van der Waals surface area contributed by atoms with E-state index in [0.717, 1.165) is 25.0 Å². The molecule has 0 N–H and O–H groups in total. The van der Waals surface area contributed by atoms with Crippen LogP contribution in [0, 0.1) is 0 Å². The number of hydrogen-bond acceptors (Lipinski definition) is 4. The van der Waals surface area contributed by atoms with Crippen molar-refractivity contribution >= 4 is 23.5 Å². The van der Waals surface area contributed by atoms with Crippen molar-refractivity contribution in [1.82, 2.24) is 0 Å². The van der Waals surface area contributed by atoms with Gasteiger partial charge in [-0.1, -0.05) is 51.9 Å². The van der Waals surface area contributed by atoms with Gasteiger partial charge in [-0.25, -0.2) is 9.59 Å². The lowest BCUT2D eigenvalue weighted by Crippen LogP contribution is -2.10. The van der Waals surface area contributed by atoms with Crippen molar-refractivity contribution in [3.05, 3.63) is 12.2 Å². The fourth-order valence-electron chi connectivity index (χ4n) is 1.84. The molecule has 0 aliphatic heterocycles. The van der Waals surface area contributed by atoms with Crippen molar-refractivity contribution in [3.8, 4) is 0 Å². The molecule has 1 unspecified atom stereocenters. The van der Waals surface area contributed by atoms with Gasteiger partial charge in [0.15, 0.2) is 0 Å². The van der Waals surface area contributed by atoms with Crippen molar-refractivity contribution in [2.75, 3.05) is 13.2 Å². The maximum atomic E-state index is 11.3. The van der Waals surface area contributed by atoms with Crippen LogP contribution in [0.15, 0.2) is 12.2 Å². The summed E-state index contributed by atoms with van der Waals surface area (Å²) in [6.07, 6.45) is 11.7. The highest BCUT2D eigenvalue weighted by Gasteiger charge is 2.03. The lowest BCUT2D eigenvalue weighted by molar-refractivity contribution is -0.140. The third-order valence-electron chi connectivity index (χ3n) is 3.05. The Kier molecular flexibility index (Phi) is 14.2. The second kappa shape index (κ2) is 14.9. The number of carbonyl (C=O) groups is 2. The number of hydrogen-bond donors (Lipinski definition) is 0. The number of rotatable bonds is 13. The summed E-state index contributed by atoms with van der Waals surface area (Å²) in [5.41, 5.74) is 0. The molecule has 0 fully saturated rings. The summed E-state index contributed by atoms with van der Waals surface area (Å²) < 4.78 is 9.79. The van der Waals surface area contributed by atoms with Crippen molar-refractivity contribution in [1.29, 1.82) is 0 Å². The first-order chi connectivity index (χ1) is 10.6. The smallest absolute Gasteiger partial charge is 0.331 e. The molecule has 1 atom stereocenters. The minimum atomic E-state index is -0.587. The van der Waals surface area contributed by atoms with Crippen molar-refractivity contribution in [2.45, 2.75) is 70.6 Å². The molecule has 0 radical (unpaired) electrons. The normalized spacial score (nSPS) is 12.3. The molecule has 0 saturated carbocycles. The summed E-state index contributed by atoms with van der Waals surface area (Å²) in [5.74, 6) is -1.10. The Morgan fingerprint density at radius 3 is 1.95 bits per heavy atom. The Hall–Kier alpha value is -1.03. The summed E-state index contributed by atoms with van der Waals surface area (Å²) in [6, 6.07) is 0. The van der Waals surface area contributed by atoms with Crippen LogP contribution >= 0.6 is 11.6 Å². The average molecular weight is 333 g/mol. The number of unbranched alkanes of at least 4 members (excludes halogenated alkanes) is 7. The Labute approximate surface area is 139 Å². The third kappa shape index (κ3) is 15.4. The van der Waals surface area contributed by atoms with Crippen LogP contribution in [0.1, 0.15) is 65.2 Å². The van der Waals surface area contributed by atoms with Crippen LogP contribution < -0.4 is 0 Å². The van der Waals surface area contributed by atoms with Crippen LogP contribution in [0.2, 0.25) is 0 Å². The van der Waals surface area contributed by atoms with Crippen molar-refractivity contribution in [3.63, 3.8) is 0 Å². The van der Waals surface area contributed by atoms with Gasteiger partial charge in [0.25, 0.3) is 0 Å². The van der Waals surface area contributed by atoms with E-state index in [1.807, 2.05) is 0 Å². The molecule has 0 aliphatic carbocycles. The summed E-state index contributed by atoms with van der Waals surface area (Å²) in [4.78, 5) is 22.5. The van der Waals surface area contributed by atoms with Gasteiger partial charge in [-0.2, -0.15) is 0 Å². The molecule has 0 saturated heterocycles. The highest BCUT2D eigenvalue weighted by Crippen LogP contribution is 2.08. The molecule has 5 heteroatoms. The second-order valence-electron chi connectivity index (χ2n) is 5.39. The standard InChI is InChI=1S/C17H29ClO4/c1-3-4-5-6-7-8-9-10-13-21-16(19)11-12-17(20)22-14-15(2)18/h11-12,15H,3-10,13-14H2,1-2H3/b12-11+. The fraction of sp³-hybridized carbons (Fsp3) is 0.765. The van der Waals surface area contributed by atoms with Gasteiger partial charge in [0.2, 0.25) is 0 Å². The largest absolute Gasteiger partial charge is 0.463 e. The van der Waals surface area contributed by atoms with Gasteiger partial charge in [0, 0.05) is 12.2 Å². The van der Waals surface area contributed by atoms with Crippen LogP contribution in [0.25, 0.3) is 0 Å². The van der Waals surface area contributed by atoms with Crippen LogP contribution in [0.4, 0.5) is 0 Å². The minimum Gasteiger partial charge on any atom is -0.463 e. The highest BCUT2D eigenvalue weighted by atomic mass is 35.5. The van der Waals surface area contributed by atoms with E-state index in [0.29, 0.717) is 6.61 Å². The fourth-order valence-corrected chi connectivity index (χ4v) is 1.90. The molecule has 0 aromatic carbocycles. The van der Waals surface area contributed by atoms with E-state index in [1.54, 1.807) is 6.92 Å². The van der Waals surface area contributed by atoms with Crippen LogP contribution in [-0.2, 0) is 19.1 Å². The van der Waals surface area contributed by atoms with E-state index in [-0.39, 0.29) is 12.0 Å². The summed E-state index contributed by atoms with van der Waals surface area (Å²) in [6.45, 7) is 4.45. The summed E-state index contributed by atoms with van der Waals surface area (Å²) in [5, 5.41) is -0.244. The van der Waals surface area contributed by atoms with E-state index in [2.05, 4.69) is 6.92 Å². The van der Waals surface area contributed by atoms with Crippen LogP contribution in [0.5, 0.6) is 0 Å². The lowest BCUT2D eigenvalue weighted by atomic mass is 10.1. The maximum Gasteiger partial charge on any atom is 0.331 e. The molecule has 0 heterocycles. The molecule has 0 aromatic rings. The van der Waals surface area contributed by atoms with Gasteiger partial charge in [-0.3, -0.25) is 0 Å². The van der Waals surface area contributed by atoms with Gasteiger partial charge in [0.1, 0.15) is 6.61 Å². The summed E-state index contributed by atoms with van der Waals surface area (Å²) in [7, 11) is 0. The van der Waals surface area contributed by atoms with E-state index in [4.69, 9.17) is 21.1 Å². The molecule has 0 aliphatic rings. The zero-order chi connectivity index (χ0) is 16.6. The summed E-state index contributed by atoms with van der Waals surface area (Å²) >= 11 is 5.64. The quantitative estimate of drug-likeness (QED) is 0.217. The van der Waals surface area contributed by atoms with Crippen LogP contribution in [-0.4, -0.2) is 30.5 Å². The predicted molar refractivity (Wildman–Crippen MR) is 89.0 cm³/mol. The number of alkyl halides is 1. The second-order valence-corrected chi connectivity index (χ2v) is 6.13. The van der Waals surface area contributed by atoms with E-state index < -0.39 is 11.9 Å². The Bertz CT molecular complexity index is 327. The van der Waals surface area contributed by atoms with Gasteiger partial charge in [0.05, 0.1) is 12.0 Å². The zero-order valence-electron chi connectivity index (χ0n) is 13.8. The topological polar surface area (TPSA) is 52.6 Å². The number of ether oxygens (including phenoxy) is 2. The predicted octanol–water partition coefficient (Wildman–Crippen LogP) is 4.40. The molecule has 0 aromatic heterocycles. The highest BCUT2D eigenvalue weighted by molar-refractivity contribution is 6.20. The first-order valence-corrected chi connectivity index (χ1v) is 8.65. The molecule has 0 spiro atoms. The van der Waals surface area contributed by atoms with Gasteiger partial charge in [-0.05, 0) is 13.3 Å². The SMILES string of the molecule is CCCCCCCCCCOC(=O)/C=C/C(=O)OCC(C)Cl. The molecule has 0 amide bonds. The third-order valence-corrected chi connectivity index (χ3v) is 3.18. The monoisotopic (exact) mass is 332 g/mol. The Morgan fingerprint density at radius 1 is 0.909 bits per heavy atom. The molecule has 22 heavy (non-hydrogen) atoms. The van der Waals surface area contributed by atoms with Gasteiger partial charge >= 0.3 is 11.9 Å². The molecule has 0 bridgehead atoms. The molecule has 128 valence electrons. The molecular weight excluding hydrogens is 304 g/mol. The molecule has 0 rings (SSSR count). The first kappa shape index (κ1) is 21.0. The maximum absolute atomic E-state index is 11.3. The average Bonchev–Trinajstić information content (AvgIpc) is 2.49. The van der Waals surface area contributed by atoms with E-state index >= 15 is 0 Å². The van der Waals surface area contributed by atoms with Crippen LogP contribution in [0.3, 0.4) is 0 Å². The van der Waals surface area contributed by atoms with Crippen molar-refractivity contribution in [2.24, 2.45) is 0 Å². The number of halogens is 1. The lowest BCUT2D eigenvalue weighted by Gasteiger charge is -2.03. The Balaban J connectivity index is 3.47. The first-order valence-electron chi connectivity index (χ1n) is 8.22. The molecular formula is C17H29ClO4.